The number of aliphatic hydroxyl groups is 3. The van der Waals surface area contributed by atoms with Gasteiger partial charge in [0.05, 0.1) is 46.1 Å². The van der Waals surface area contributed by atoms with Crippen LogP contribution in [0.15, 0.2) is 85.1 Å². The third-order valence-electron chi connectivity index (χ3n) is 9.25. The second kappa shape index (κ2) is 38.7. The van der Waals surface area contributed by atoms with Crippen LogP contribution in [0.2, 0.25) is 0 Å². The molecule has 1 unspecified atom stereocenters. The molecular formula is C48H82NO11P. The molecule has 0 aliphatic carbocycles. The number of phosphoric acid groups is 1. The Balaban J connectivity index is 4.78. The first kappa shape index (κ1) is 58.1. The average molecular weight is 880 g/mol. The van der Waals surface area contributed by atoms with E-state index in [1.54, 1.807) is 42.5 Å². The lowest BCUT2D eigenvalue weighted by atomic mass is 10.1. The van der Waals surface area contributed by atoms with Gasteiger partial charge >= 0.3 is 11.9 Å². The number of quaternary nitrogens is 1. The summed E-state index contributed by atoms with van der Waals surface area (Å²) in [5, 5.41) is 30.6. The third kappa shape index (κ3) is 40.9. The number of carbonyl (C=O) groups excluding carboxylic acids is 2. The first-order valence-corrected chi connectivity index (χ1v) is 24.1. The maximum absolute atomic E-state index is 12.7. The number of carbonyl (C=O) groups is 2. The minimum atomic E-state index is -4.74. The van der Waals surface area contributed by atoms with Crippen LogP contribution in [-0.2, 0) is 32.7 Å². The monoisotopic (exact) mass is 880 g/mol. The molecule has 0 fully saturated rings. The van der Waals surface area contributed by atoms with Gasteiger partial charge in [-0.1, -0.05) is 150 Å². The van der Waals surface area contributed by atoms with E-state index in [1.165, 1.54) is 44.6 Å². The summed E-state index contributed by atoms with van der Waals surface area (Å²) in [7, 11) is 0.909. The molecule has 3 N–H and O–H groups in total. The Morgan fingerprint density at radius 2 is 1.20 bits per heavy atom. The van der Waals surface area contributed by atoms with E-state index in [9.17, 15) is 34.4 Å². The number of rotatable bonds is 39. The number of aliphatic hydroxyl groups excluding tert-OH is 3. The first-order valence-electron chi connectivity index (χ1n) is 22.6. The minimum absolute atomic E-state index is 0.0864. The molecule has 0 saturated heterocycles. The molecule has 61 heavy (non-hydrogen) atoms. The summed E-state index contributed by atoms with van der Waals surface area (Å²) in [6.07, 6.45) is 38.5. The van der Waals surface area contributed by atoms with Crippen molar-refractivity contribution in [2.45, 2.75) is 160 Å². The summed E-state index contributed by atoms with van der Waals surface area (Å²) in [5.41, 5.74) is 0. The van der Waals surface area contributed by atoms with Crippen molar-refractivity contribution in [2.24, 2.45) is 0 Å². The fraction of sp³-hybridized carbons (Fsp3) is 0.667. The van der Waals surface area contributed by atoms with Crippen LogP contribution in [0.25, 0.3) is 0 Å². The van der Waals surface area contributed by atoms with Crippen molar-refractivity contribution in [1.82, 2.24) is 0 Å². The normalized spacial score (nSPS) is 15.9. The maximum atomic E-state index is 12.7. The zero-order chi connectivity index (χ0) is 45.5. The zero-order valence-corrected chi connectivity index (χ0v) is 39.1. The summed E-state index contributed by atoms with van der Waals surface area (Å²) in [6.45, 7) is 3.63. The number of nitrogens with zero attached hydrogens (tertiary/aromatic N) is 1. The molecule has 0 heterocycles. The van der Waals surface area contributed by atoms with E-state index in [0.717, 1.165) is 44.9 Å². The summed E-state index contributed by atoms with van der Waals surface area (Å²) < 4.78 is 33.5. The van der Waals surface area contributed by atoms with Gasteiger partial charge in [-0.3, -0.25) is 14.2 Å². The molecule has 0 aliphatic heterocycles. The van der Waals surface area contributed by atoms with Gasteiger partial charge in [-0.05, 0) is 57.8 Å². The zero-order valence-electron chi connectivity index (χ0n) is 38.2. The van der Waals surface area contributed by atoms with Gasteiger partial charge < -0.3 is 43.2 Å². The van der Waals surface area contributed by atoms with E-state index in [4.69, 9.17) is 18.5 Å². The van der Waals surface area contributed by atoms with Gasteiger partial charge in [-0.15, -0.1) is 0 Å². The molecule has 0 amide bonds. The van der Waals surface area contributed by atoms with Gasteiger partial charge in [0.25, 0.3) is 7.82 Å². The largest absolute Gasteiger partial charge is 0.756 e. The van der Waals surface area contributed by atoms with Crippen molar-refractivity contribution < 1.29 is 57.4 Å². The molecule has 0 aromatic carbocycles. The van der Waals surface area contributed by atoms with E-state index in [1.807, 2.05) is 27.2 Å². The van der Waals surface area contributed by atoms with Gasteiger partial charge in [0, 0.05) is 12.8 Å². The molecule has 350 valence electrons. The predicted molar refractivity (Wildman–Crippen MR) is 244 cm³/mol. The molecule has 0 aromatic rings. The number of ether oxygens (including phenoxy) is 2. The van der Waals surface area contributed by atoms with Crippen LogP contribution in [0.1, 0.15) is 136 Å². The fourth-order valence-electron chi connectivity index (χ4n) is 5.52. The summed E-state index contributed by atoms with van der Waals surface area (Å²) in [6, 6.07) is 0. The molecular weight excluding hydrogens is 797 g/mol. The van der Waals surface area contributed by atoms with Crippen LogP contribution in [0.4, 0.5) is 0 Å². The lowest BCUT2D eigenvalue weighted by molar-refractivity contribution is -0.870. The van der Waals surface area contributed by atoms with Crippen LogP contribution in [0, 0.1) is 0 Å². The number of phosphoric ester groups is 1. The molecule has 0 spiro atoms. The Morgan fingerprint density at radius 3 is 1.85 bits per heavy atom. The minimum Gasteiger partial charge on any atom is -0.756 e. The highest BCUT2D eigenvalue weighted by Gasteiger charge is 2.22. The summed E-state index contributed by atoms with van der Waals surface area (Å²) in [5.74, 6) is -1.23. The van der Waals surface area contributed by atoms with Crippen LogP contribution in [0.3, 0.4) is 0 Å². The molecule has 5 atom stereocenters. The molecule has 0 rings (SSSR count). The topological polar surface area (TPSA) is 172 Å². The lowest BCUT2D eigenvalue weighted by Crippen LogP contribution is -2.37. The third-order valence-corrected chi connectivity index (χ3v) is 10.2. The second-order valence-electron chi connectivity index (χ2n) is 16.3. The predicted octanol–water partition coefficient (Wildman–Crippen LogP) is 9.08. The number of unbranched alkanes of at least 4 members (excludes halogenated alkanes) is 9. The van der Waals surface area contributed by atoms with Crippen molar-refractivity contribution >= 4 is 19.8 Å². The Labute approximate surface area is 369 Å². The quantitative estimate of drug-likeness (QED) is 0.0134. The number of allylic oxidation sites excluding steroid dienone is 12. The van der Waals surface area contributed by atoms with E-state index in [0.29, 0.717) is 23.9 Å². The number of hydrogen-bond acceptors (Lipinski definition) is 11. The number of likely N-dealkylation sites (N-methyl/N-ethyl adjacent to an activating group) is 1. The van der Waals surface area contributed by atoms with Gasteiger partial charge in [0.2, 0.25) is 0 Å². The van der Waals surface area contributed by atoms with Gasteiger partial charge in [-0.25, -0.2) is 0 Å². The fourth-order valence-corrected chi connectivity index (χ4v) is 6.25. The van der Waals surface area contributed by atoms with Gasteiger partial charge in [0.1, 0.15) is 19.8 Å². The molecule has 0 bridgehead atoms. The maximum Gasteiger partial charge on any atom is 0.306 e. The molecule has 0 aromatic heterocycles. The highest BCUT2D eigenvalue weighted by atomic mass is 31.2. The second-order valence-corrected chi connectivity index (χ2v) is 17.7. The molecule has 12 nitrogen and oxygen atoms in total. The van der Waals surface area contributed by atoms with Crippen LogP contribution in [-0.4, -0.2) is 104 Å². The van der Waals surface area contributed by atoms with Crippen LogP contribution < -0.4 is 4.89 Å². The summed E-state index contributed by atoms with van der Waals surface area (Å²) in [4.78, 5) is 37.6. The summed E-state index contributed by atoms with van der Waals surface area (Å²) >= 11 is 0. The van der Waals surface area contributed by atoms with Gasteiger partial charge in [0.15, 0.2) is 6.10 Å². The standard InChI is InChI=1S/C48H82NO11P/c1-6-8-10-11-12-13-14-15-16-17-18-19-20-21-22-27-31-37-47(53)57-41-44(42-59-61(55,56)58-40-39-49(3,4)5)60-48(54)38-32-36-46(52)45(51)35-30-26-24-23-25-29-34-43(50)33-28-9-7-2/h15-16,18-19,21-26,29-30,34-35,43-46,50-52H,6-14,17,20,27-28,31-33,36-42H2,1-5H3/b16-15-,19-18-,22-21-,25-23-,26-24+,34-29+,35-30+/t43-,44+,45-,46-/m0/s1. The van der Waals surface area contributed by atoms with Crippen LogP contribution >= 0.6 is 7.82 Å². The molecule has 0 saturated carbocycles. The lowest BCUT2D eigenvalue weighted by Gasteiger charge is -2.28. The average Bonchev–Trinajstić information content (AvgIpc) is 3.20. The SMILES string of the molecule is CCCCCCCC/C=C\C/C=C\C/C=C\CCCC(=O)OC[C@H](COP(=O)([O-])OCC[N+](C)(C)C)OC(=O)CCC[C@H](O)[C@@H](O)/C=C/C=C/C=C\C=C\[C@@H](O)CCCCC. The first-order chi connectivity index (χ1) is 29.2. The Hall–Kier alpha value is -2.93. The van der Waals surface area contributed by atoms with Crippen molar-refractivity contribution in [2.75, 3.05) is 47.5 Å². The van der Waals surface area contributed by atoms with Crippen molar-refractivity contribution in [3.05, 3.63) is 85.1 Å². The van der Waals surface area contributed by atoms with Crippen molar-refractivity contribution in [3.63, 3.8) is 0 Å². The Morgan fingerprint density at radius 1 is 0.639 bits per heavy atom. The van der Waals surface area contributed by atoms with Crippen molar-refractivity contribution in [1.29, 1.82) is 0 Å². The molecule has 0 aliphatic rings. The van der Waals surface area contributed by atoms with Crippen molar-refractivity contribution in [3.8, 4) is 0 Å². The molecule has 0 radical (unpaired) electrons. The number of esters is 2. The van der Waals surface area contributed by atoms with Crippen LogP contribution in [0.5, 0.6) is 0 Å². The molecule has 13 heteroatoms. The van der Waals surface area contributed by atoms with E-state index in [-0.39, 0.29) is 32.3 Å². The van der Waals surface area contributed by atoms with Gasteiger partial charge in [-0.2, -0.15) is 0 Å². The Bertz CT molecular complexity index is 1370. The Kier molecular flexibility index (Phi) is 36.9. The van der Waals surface area contributed by atoms with E-state index in [2.05, 4.69) is 44.2 Å². The smallest absolute Gasteiger partial charge is 0.306 e. The van der Waals surface area contributed by atoms with E-state index < -0.39 is 57.4 Å². The highest BCUT2D eigenvalue weighted by molar-refractivity contribution is 7.45. The van der Waals surface area contributed by atoms with E-state index >= 15 is 0 Å². The number of hydrogen-bond donors (Lipinski definition) is 3. The highest BCUT2D eigenvalue weighted by Crippen LogP contribution is 2.38.